The van der Waals surface area contributed by atoms with Crippen molar-refractivity contribution < 1.29 is 4.79 Å². The lowest BCUT2D eigenvalue weighted by Gasteiger charge is -2.11. The predicted octanol–water partition coefficient (Wildman–Crippen LogP) is 1.88. The summed E-state index contributed by atoms with van der Waals surface area (Å²) in [5.41, 5.74) is 1.04. The third-order valence-electron chi connectivity index (χ3n) is 2.55. The molecule has 1 rings (SSSR count). The molecular formula is C13H17N3O. The van der Waals surface area contributed by atoms with Gasteiger partial charge < -0.3 is 10.6 Å². The fourth-order valence-corrected chi connectivity index (χ4v) is 1.30. The fraction of sp³-hybridized carbons (Fsp3) is 0.385. The van der Waals surface area contributed by atoms with Gasteiger partial charge in [-0.2, -0.15) is 5.26 Å². The Morgan fingerprint density at radius 3 is 2.82 bits per heavy atom. The summed E-state index contributed by atoms with van der Waals surface area (Å²) < 4.78 is 0. The second kappa shape index (κ2) is 6.66. The summed E-state index contributed by atoms with van der Waals surface area (Å²) >= 11 is 0. The molecule has 1 amide bonds. The van der Waals surface area contributed by atoms with Gasteiger partial charge in [0.2, 0.25) is 5.91 Å². The smallest absolute Gasteiger partial charge is 0.238 e. The Hall–Kier alpha value is -1.86. The van der Waals surface area contributed by atoms with Crippen LogP contribution in [0, 0.1) is 11.3 Å². The first-order chi connectivity index (χ1) is 8.17. The molecule has 4 heteroatoms. The van der Waals surface area contributed by atoms with E-state index in [1.165, 1.54) is 0 Å². The van der Waals surface area contributed by atoms with Crippen molar-refractivity contribution in [1.82, 2.24) is 5.32 Å². The topological polar surface area (TPSA) is 64.9 Å². The molecule has 0 aliphatic heterocycles. The maximum absolute atomic E-state index is 11.6. The molecule has 90 valence electrons. The zero-order chi connectivity index (χ0) is 12.7. The fourth-order valence-electron chi connectivity index (χ4n) is 1.30. The Morgan fingerprint density at radius 2 is 2.18 bits per heavy atom. The number of anilines is 1. The van der Waals surface area contributed by atoms with Gasteiger partial charge >= 0.3 is 0 Å². The molecule has 17 heavy (non-hydrogen) atoms. The average molecular weight is 231 g/mol. The maximum Gasteiger partial charge on any atom is 0.238 e. The van der Waals surface area contributed by atoms with E-state index >= 15 is 0 Å². The molecule has 4 nitrogen and oxygen atoms in total. The number of para-hydroxylation sites is 1. The standard InChI is InChI=1S/C13H17N3O/c1-3-10(2)15-9-13(17)16-12-7-5-4-6-11(12)8-14/h4-7,10,15H,3,9H2,1-2H3,(H,16,17). The van der Waals surface area contributed by atoms with Crippen LogP contribution in [0.1, 0.15) is 25.8 Å². The van der Waals surface area contributed by atoms with Crippen LogP contribution in [0.2, 0.25) is 0 Å². The molecular weight excluding hydrogens is 214 g/mol. The summed E-state index contributed by atoms with van der Waals surface area (Å²) in [5.74, 6) is -0.131. The predicted molar refractivity (Wildman–Crippen MR) is 67.5 cm³/mol. The lowest BCUT2D eigenvalue weighted by Crippen LogP contribution is -2.34. The first-order valence-electron chi connectivity index (χ1n) is 5.69. The number of benzene rings is 1. The minimum atomic E-state index is -0.131. The summed E-state index contributed by atoms with van der Waals surface area (Å²) in [4.78, 5) is 11.6. The second-order valence-electron chi connectivity index (χ2n) is 3.90. The molecule has 0 radical (unpaired) electrons. The van der Waals surface area contributed by atoms with E-state index in [-0.39, 0.29) is 12.5 Å². The minimum Gasteiger partial charge on any atom is -0.324 e. The number of hydrogen-bond acceptors (Lipinski definition) is 3. The maximum atomic E-state index is 11.6. The van der Waals surface area contributed by atoms with Crippen LogP contribution in [0.3, 0.4) is 0 Å². The molecule has 0 aliphatic rings. The van der Waals surface area contributed by atoms with E-state index in [0.717, 1.165) is 6.42 Å². The van der Waals surface area contributed by atoms with E-state index in [2.05, 4.69) is 17.6 Å². The zero-order valence-corrected chi connectivity index (χ0v) is 10.2. The molecule has 0 saturated heterocycles. The van der Waals surface area contributed by atoms with Gasteiger partial charge in [0, 0.05) is 6.04 Å². The monoisotopic (exact) mass is 231 g/mol. The Morgan fingerprint density at radius 1 is 1.47 bits per heavy atom. The highest BCUT2D eigenvalue weighted by atomic mass is 16.1. The Balaban J connectivity index is 2.54. The van der Waals surface area contributed by atoms with Gasteiger partial charge in [0.05, 0.1) is 17.8 Å². The van der Waals surface area contributed by atoms with Crippen LogP contribution < -0.4 is 10.6 Å². The lowest BCUT2D eigenvalue weighted by molar-refractivity contribution is -0.115. The van der Waals surface area contributed by atoms with E-state index < -0.39 is 0 Å². The number of nitrogens with zero attached hydrogens (tertiary/aromatic N) is 1. The molecule has 1 aromatic rings. The molecule has 0 spiro atoms. The molecule has 0 bridgehead atoms. The number of amides is 1. The van der Waals surface area contributed by atoms with E-state index in [0.29, 0.717) is 17.3 Å². The first-order valence-corrected chi connectivity index (χ1v) is 5.69. The van der Waals surface area contributed by atoms with Crippen LogP contribution in [0.25, 0.3) is 0 Å². The van der Waals surface area contributed by atoms with Crippen molar-refractivity contribution in [3.8, 4) is 6.07 Å². The van der Waals surface area contributed by atoms with Crippen molar-refractivity contribution in [3.05, 3.63) is 29.8 Å². The third kappa shape index (κ3) is 4.25. The Bertz CT molecular complexity index is 423. The normalized spacial score (nSPS) is 11.6. The van der Waals surface area contributed by atoms with Crippen molar-refractivity contribution in [2.75, 3.05) is 11.9 Å². The van der Waals surface area contributed by atoms with Gasteiger partial charge in [-0.15, -0.1) is 0 Å². The second-order valence-corrected chi connectivity index (χ2v) is 3.90. The van der Waals surface area contributed by atoms with Gasteiger partial charge in [0.1, 0.15) is 6.07 Å². The van der Waals surface area contributed by atoms with E-state index in [1.54, 1.807) is 24.3 Å². The van der Waals surface area contributed by atoms with Crippen molar-refractivity contribution in [1.29, 1.82) is 5.26 Å². The lowest BCUT2D eigenvalue weighted by atomic mass is 10.2. The molecule has 0 aliphatic carbocycles. The highest BCUT2D eigenvalue weighted by molar-refractivity contribution is 5.93. The summed E-state index contributed by atoms with van der Waals surface area (Å²) in [6.45, 7) is 4.34. The molecule has 1 atom stereocenters. The van der Waals surface area contributed by atoms with Crippen LogP contribution in [-0.2, 0) is 4.79 Å². The van der Waals surface area contributed by atoms with Gasteiger partial charge in [0.15, 0.2) is 0 Å². The average Bonchev–Trinajstić information content (AvgIpc) is 2.36. The Labute approximate surface area is 102 Å². The van der Waals surface area contributed by atoms with Crippen molar-refractivity contribution in [2.45, 2.75) is 26.3 Å². The van der Waals surface area contributed by atoms with E-state index in [4.69, 9.17) is 5.26 Å². The van der Waals surface area contributed by atoms with Crippen LogP contribution in [0.5, 0.6) is 0 Å². The van der Waals surface area contributed by atoms with Crippen molar-refractivity contribution in [2.24, 2.45) is 0 Å². The van der Waals surface area contributed by atoms with E-state index in [9.17, 15) is 4.79 Å². The highest BCUT2D eigenvalue weighted by Crippen LogP contribution is 2.12. The molecule has 0 heterocycles. The minimum absolute atomic E-state index is 0.131. The van der Waals surface area contributed by atoms with Crippen LogP contribution in [0.4, 0.5) is 5.69 Å². The molecule has 0 aromatic heterocycles. The molecule has 0 fully saturated rings. The van der Waals surface area contributed by atoms with Gasteiger partial charge in [-0.05, 0) is 25.5 Å². The highest BCUT2D eigenvalue weighted by Gasteiger charge is 2.06. The van der Waals surface area contributed by atoms with Crippen LogP contribution in [-0.4, -0.2) is 18.5 Å². The number of nitriles is 1. The van der Waals surface area contributed by atoms with Gasteiger partial charge in [0.25, 0.3) is 0 Å². The SMILES string of the molecule is CCC(C)NCC(=O)Nc1ccccc1C#N. The van der Waals surface area contributed by atoms with Crippen LogP contribution >= 0.6 is 0 Å². The number of hydrogen-bond donors (Lipinski definition) is 2. The Kier molecular flexibility index (Phi) is 5.18. The van der Waals surface area contributed by atoms with Crippen molar-refractivity contribution >= 4 is 11.6 Å². The summed E-state index contributed by atoms with van der Waals surface area (Å²) in [6, 6.07) is 9.31. The number of carbonyl (C=O) groups excluding carboxylic acids is 1. The number of rotatable bonds is 5. The van der Waals surface area contributed by atoms with Crippen LogP contribution in [0.15, 0.2) is 24.3 Å². The van der Waals surface area contributed by atoms with Crippen molar-refractivity contribution in [3.63, 3.8) is 0 Å². The summed E-state index contributed by atoms with van der Waals surface area (Å²) in [7, 11) is 0. The number of nitrogens with one attached hydrogen (secondary N) is 2. The quantitative estimate of drug-likeness (QED) is 0.813. The van der Waals surface area contributed by atoms with Gasteiger partial charge in [-0.1, -0.05) is 19.1 Å². The molecule has 0 saturated carbocycles. The molecule has 2 N–H and O–H groups in total. The number of carbonyl (C=O) groups is 1. The van der Waals surface area contributed by atoms with Gasteiger partial charge in [-0.25, -0.2) is 0 Å². The summed E-state index contributed by atoms with van der Waals surface area (Å²) in [5, 5.41) is 14.7. The first kappa shape index (κ1) is 13.2. The third-order valence-corrected chi connectivity index (χ3v) is 2.55. The molecule has 1 unspecified atom stereocenters. The summed E-state index contributed by atoms with van der Waals surface area (Å²) in [6.07, 6.45) is 0.974. The molecule has 1 aromatic carbocycles. The zero-order valence-electron chi connectivity index (χ0n) is 10.2. The van der Waals surface area contributed by atoms with Gasteiger partial charge in [-0.3, -0.25) is 4.79 Å². The van der Waals surface area contributed by atoms with E-state index in [1.807, 2.05) is 13.0 Å². The largest absolute Gasteiger partial charge is 0.324 e.